The van der Waals surface area contributed by atoms with E-state index in [0.29, 0.717) is 24.2 Å². The van der Waals surface area contributed by atoms with Gasteiger partial charge < -0.3 is 20.1 Å². The molecular weight excluding hydrogens is 428 g/mol. The highest BCUT2D eigenvalue weighted by Crippen LogP contribution is 2.21. The van der Waals surface area contributed by atoms with Crippen LogP contribution < -0.4 is 15.0 Å². The van der Waals surface area contributed by atoms with Crippen LogP contribution in [0.25, 0.3) is 0 Å². The number of ether oxygens (including phenoxy) is 1. The van der Waals surface area contributed by atoms with Crippen LogP contribution in [-0.4, -0.2) is 60.4 Å². The zero-order valence-electron chi connectivity index (χ0n) is 19.6. The van der Waals surface area contributed by atoms with Gasteiger partial charge >= 0.3 is 0 Å². The molecule has 7 nitrogen and oxygen atoms in total. The molecule has 178 valence electrons. The van der Waals surface area contributed by atoms with Crippen molar-refractivity contribution in [3.8, 4) is 5.75 Å². The maximum Gasteiger partial charge on any atom is 0.257 e. The van der Waals surface area contributed by atoms with Crippen molar-refractivity contribution in [2.45, 2.75) is 25.6 Å². The summed E-state index contributed by atoms with van der Waals surface area (Å²) in [5, 5.41) is 13.1. The third-order valence-corrected chi connectivity index (χ3v) is 6.12. The van der Waals surface area contributed by atoms with Crippen LogP contribution in [0.2, 0.25) is 0 Å². The standard InChI is InChI=1S/C27H32N4O3/c1-34-23-12-9-22(10-13-23)20-30-16-18-31(19-17-30)26-24(8-5-15-28-26)27(33)29-25(32)14-11-21-6-3-2-4-7-21/h2-10,12-13,15,25,32H,11,14,16-20H2,1H3,(H,29,33). The molecule has 2 N–H and O–H groups in total. The largest absolute Gasteiger partial charge is 0.497 e. The Morgan fingerprint density at radius 3 is 2.44 bits per heavy atom. The number of methoxy groups -OCH3 is 1. The molecule has 1 aliphatic rings. The summed E-state index contributed by atoms with van der Waals surface area (Å²) in [5.41, 5.74) is 2.87. The molecule has 3 aromatic rings. The smallest absolute Gasteiger partial charge is 0.257 e. The van der Waals surface area contributed by atoms with Gasteiger partial charge in [-0.3, -0.25) is 9.69 Å². The van der Waals surface area contributed by atoms with Crippen molar-refractivity contribution in [1.82, 2.24) is 15.2 Å². The number of hydrogen-bond acceptors (Lipinski definition) is 6. The summed E-state index contributed by atoms with van der Waals surface area (Å²) in [5.74, 6) is 1.23. The minimum absolute atomic E-state index is 0.302. The first-order chi connectivity index (χ1) is 16.6. The number of aliphatic hydroxyl groups is 1. The SMILES string of the molecule is COc1ccc(CN2CCN(c3ncccc3C(=O)NC(O)CCc3ccccc3)CC2)cc1. The van der Waals surface area contributed by atoms with E-state index in [4.69, 9.17) is 4.74 Å². The molecule has 1 unspecified atom stereocenters. The summed E-state index contributed by atoms with van der Waals surface area (Å²) in [6, 6.07) is 21.6. The quantitative estimate of drug-likeness (QED) is 0.478. The van der Waals surface area contributed by atoms with E-state index in [9.17, 15) is 9.90 Å². The van der Waals surface area contributed by atoms with Crippen molar-refractivity contribution in [3.05, 3.63) is 89.6 Å². The van der Waals surface area contributed by atoms with Gasteiger partial charge in [-0.05, 0) is 48.2 Å². The highest BCUT2D eigenvalue weighted by atomic mass is 16.5. The van der Waals surface area contributed by atoms with E-state index in [0.717, 1.165) is 44.0 Å². The molecule has 1 aliphatic heterocycles. The maximum absolute atomic E-state index is 12.9. The van der Waals surface area contributed by atoms with Crippen molar-refractivity contribution in [3.63, 3.8) is 0 Å². The van der Waals surface area contributed by atoms with Gasteiger partial charge in [-0.2, -0.15) is 0 Å². The number of amides is 1. The summed E-state index contributed by atoms with van der Waals surface area (Å²) in [6.45, 7) is 4.20. The van der Waals surface area contributed by atoms with E-state index in [2.05, 4.69) is 32.2 Å². The highest BCUT2D eigenvalue weighted by Gasteiger charge is 2.23. The Hall–Kier alpha value is -3.42. The fourth-order valence-electron chi connectivity index (χ4n) is 4.18. The van der Waals surface area contributed by atoms with E-state index in [1.54, 1.807) is 25.4 Å². The molecule has 2 aromatic carbocycles. The molecule has 1 saturated heterocycles. The van der Waals surface area contributed by atoms with Crippen LogP contribution in [0.5, 0.6) is 5.75 Å². The molecule has 0 saturated carbocycles. The maximum atomic E-state index is 12.9. The van der Waals surface area contributed by atoms with E-state index < -0.39 is 6.23 Å². The minimum atomic E-state index is -0.915. The van der Waals surface area contributed by atoms with Crippen LogP contribution in [0, 0.1) is 0 Å². The molecule has 1 fully saturated rings. The molecule has 0 aliphatic carbocycles. The zero-order valence-corrected chi connectivity index (χ0v) is 19.6. The number of anilines is 1. The predicted octanol–water partition coefficient (Wildman–Crippen LogP) is 3.09. The number of aliphatic hydroxyl groups excluding tert-OH is 1. The monoisotopic (exact) mass is 460 g/mol. The predicted molar refractivity (Wildman–Crippen MR) is 133 cm³/mol. The Morgan fingerprint density at radius 1 is 1.00 bits per heavy atom. The molecule has 7 heteroatoms. The van der Waals surface area contributed by atoms with E-state index in [1.165, 1.54) is 5.56 Å². The zero-order chi connectivity index (χ0) is 23.8. The number of hydrogen-bond donors (Lipinski definition) is 2. The van der Waals surface area contributed by atoms with Crippen molar-refractivity contribution in [2.75, 3.05) is 38.2 Å². The molecule has 1 atom stereocenters. The first-order valence-corrected chi connectivity index (χ1v) is 11.7. The molecule has 0 radical (unpaired) electrons. The summed E-state index contributed by atoms with van der Waals surface area (Å²) in [6.07, 6.45) is 1.94. The van der Waals surface area contributed by atoms with Crippen LogP contribution in [0.15, 0.2) is 72.9 Å². The average molecular weight is 461 g/mol. The van der Waals surface area contributed by atoms with Gasteiger partial charge in [0.05, 0.1) is 12.7 Å². The molecule has 2 heterocycles. The number of aromatic nitrogens is 1. The van der Waals surface area contributed by atoms with Gasteiger partial charge in [0.1, 0.15) is 17.8 Å². The summed E-state index contributed by atoms with van der Waals surface area (Å²) in [4.78, 5) is 22.0. The lowest BCUT2D eigenvalue weighted by Gasteiger charge is -2.36. The lowest BCUT2D eigenvalue weighted by molar-refractivity contribution is 0.0765. The lowest BCUT2D eigenvalue weighted by Crippen LogP contribution is -2.47. The number of nitrogens with zero attached hydrogens (tertiary/aromatic N) is 3. The number of aryl methyl sites for hydroxylation is 1. The van der Waals surface area contributed by atoms with Gasteiger partial charge in [-0.25, -0.2) is 4.98 Å². The van der Waals surface area contributed by atoms with Gasteiger partial charge in [0.2, 0.25) is 0 Å². The molecule has 34 heavy (non-hydrogen) atoms. The summed E-state index contributed by atoms with van der Waals surface area (Å²) >= 11 is 0. The summed E-state index contributed by atoms with van der Waals surface area (Å²) in [7, 11) is 1.67. The summed E-state index contributed by atoms with van der Waals surface area (Å²) < 4.78 is 5.23. The fourth-order valence-corrected chi connectivity index (χ4v) is 4.18. The number of carbonyl (C=O) groups excluding carboxylic acids is 1. The second-order valence-corrected chi connectivity index (χ2v) is 8.50. The molecule has 4 rings (SSSR count). The Morgan fingerprint density at radius 2 is 1.74 bits per heavy atom. The number of pyridine rings is 1. The number of benzene rings is 2. The molecule has 0 spiro atoms. The average Bonchev–Trinajstić information content (AvgIpc) is 2.89. The number of nitrogens with one attached hydrogen (secondary N) is 1. The molecular formula is C27H32N4O3. The van der Waals surface area contributed by atoms with Gasteiger partial charge in [-0.15, -0.1) is 0 Å². The van der Waals surface area contributed by atoms with Crippen LogP contribution in [0.4, 0.5) is 5.82 Å². The van der Waals surface area contributed by atoms with Gasteiger partial charge in [0.15, 0.2) is 0 Å². The van der Waals surface area contributed by atoms with Crippen LogP contribution in [-0.2, 0) is 13.0 Å². The molecule has 1 amide bonds. The normalized spacial score (nSPS) is 15.1. The number of piperazine rings is 1. The van der Waals surface area contributed by atoms with Crippen LogP contribution in [0.3, 0.4) is 0 Å². The first-order valence-electron chi connectivity index (χ1n) is 11.7. The number of carbonyl (C=O) groups is 1. The number of rotatable bonds is 9. The Balaban J connectivity index is 1.31. The minimum Gasteiger partial charge on any atom is -0.497 e. The topological polar surface area (TPSA) is 77.9 Å². The third-order valence-electron chi connectivity index (χ3n) is 6.12. The van der Waals surface area contributed by atoms with Crippen molar-refractivity contribution < 1.29 is 14.6 Å². The third kappa shape index (κ3) is 6.34. The molecule has 0 bridgehead atoms. The first kappa shape index (κ1) is 23.7. The van der Waals surface area contributed by atoms with E-state index in [-0.39, 0.29) is 5.91 Å². The van der Waals surface area contributed by atoms with Gasteiger partial charge in [-0.1, -0.05) is 42.5 Å². The second kappa shape index (κ2) is 11.6. The highest BCUT2D eigenvalue weighted by molar-refractivity contribution is 5.99. The lowest BCUT2D eigenvalue weighted by atomic mass is 10.1. The Kier molecular flexibility index (Phi) is 8.12. The van der Waals surface area contributed by atoms with Crippen LogP contribution in [0.1, 0.15) is 27.9 Å². The Bertz CT molecular complexity index is 1050. The van der Waals surface area contributed by atoms with Gasteiger partial charge in [0.25, 0.3) is 5.91 Å². The van der Waals surface area contributed by atoms with E-state index in [1.807, 2.05) is 42.5 Å². The van der Waals surface area contributed by atoms with Gasteiger partial charge in [0, 0.05) is 38.9 Å². The van der Waals surface area contributed by atoms with Crippen molar-refractivity contribution in [2.24, 2.45) is 0 Å². The van der Waals surface area contributed by atoms with Crippen LogP contribution >= 0.6 is 0 Å². The fraction of sp³-hybridized carbons (Fsp3) is 0.333. The molecule has 1 aromatic heterocycles. The Labute approximate surface area is 201 Å². The second-order valence-electron chi connectivity index (χ2n) is 8.50. The van der Waals surface area contributed by atoms with Crippen molar-refractivity contribution in [1.29, 1.82) is 0 Å². The van der Waals surface area contributed by atoms with Crippen molar-refractivity contribution >= 4 is 11.7 Å². The van der Waals surface area contributed by atoms with E-state index >= 15 is 0 Å².